The predicted molar refractivity (Wildman–Crippen MR) is 52.1 cm³/mol. The van der Waals surface area contributed by atoms with Gasteiger partial charge < -0.3 is 0 Å². The average Bonchev–Trinajstić information content (AvgIpc) is 1.99. The van der Waals surface area contributed by atoms with Crippen molar-refractivity contribution in [3.05, 3.63) is 0 Å². The summed E-state index contributed by atoms with van der Waals surface area (Å²) < 4.78 is 0. The van der Waals surface area contributed by atoms with Crippen molar-refractivity contribution in [1.82, 2.24) is 0 Å². The fraction of sp³-hybridized carbons (Fsp3) is 1.00. The van der Waals surface area contributed by atoms with Crippen LogP contribution in [0.3, 0.4) is 0 Å². The predicted octanol–water partition coefficient (Wildman–Crippen LogP) is 2.45. The Bertz CT molecular complexity index is 215. The molecule has 0 nitrogen and oxygen atoms in total. The van der Waals surface area contributed by atoms with Gasteiger partial charge in [0.05, 0.1) is 0 Å². The largest absolute Gasteiger partial charge is 0.176 e. The molecule has 0 saturated heterocycles. The first-order valence-corrected chi connectivity index (χ1v) is 5.98. The minimum absolute atomic E-state index is 0.796. The molecule has 0 spiro atoms. The Balaban J connectivity index is 1.61. The van der Waals surface area contributed by atoms with Crippen molar-refractivity contribution in [3.8, 4) is 0 Å². The molecule has 4 fully saturated rings. The summed E-state index contributed by atoms with van der Waals surface area (Å²) in [5.74, 6) is 7.98. The molecule has 0 bridgehead atoms. The van der Waals surface area contributed by atoms with Gasteiger partial charge in [0, 0.05) is 5.25 Å². The molecule has 0 aromatic rings. The van der Waals surface area contributed by atoms with Crippen LogP contribution in [0.2, 0.25) is 0 Å². The van der Waals surface area contributed by atoms with Gasteiger partial charge in [0.1, 0.15) is 0 Å². The van der Waals surface area contributed by atoms with E-state index >= 15 is 0 Å². The van der Waals surface area contributed by atoms with E-state index in [1.807, 2.05) is 0 Å². The van der Waals surface area contributed by atoms with Gasteiger partial charge in [-0.3, -0.25) is 0 Å². The van der Waals surface area contributed by atoms with Gasteiger partial charge in [0.15, 0.2) is 0 Å². The summed E-state index contributed by atoms with van der Waals surface area (Å²) >= 11 is 4.65. The maximum absolute atomic E-state index is 4.65. The standard InChI is InChI=1S/C11H16S/c1-4-2-5-8(4)11-9(5)6-3-7(12)10(6)11/h4-12H,2-3H2,1H3. The van der Waals surface area contributed by atoms with Crippen molar-refractivity contribution in [3.63, 3.8) is 0 Å². The molecule has 0 aromatic heterocycles. The highest BCUT2D eigenvalue weighted by Gasteiger charge is 2.74. The van der Waals surface area contributed by atoms with E-state index in [9.17, 15) is 0 Å². The van der Waals surface area contributed by atoms with E-state index in [2.05, 4.69) is 19.6 Å². The molecule has 4 aliphatic rings. The topological polar surface area (TPSA) is 0 Å². The first kappa shape index (κ1) is 6.75. The molecular weight excluding hydrogens is 164 g/mol. The third kappa shape index (κ3) is 0.460. The van der Waals surface area contributed by atoms with E-state index in [4.69, 9.17) is 0 Å². The van der Waals surface area contributed by atoms with Gasteiger partial charge in [-0.2, -0.15) is 12.6 Å². The van der Waals surface area contributed by atoms with Crippen molar-refractivity contribution in [2.75, 3.05) is 0 Å². The van der Waals surface area contributed by atoms with E-state index < -0.39 is 0 Å². The number of hydrogen-bond acceptors (Lipinski definition) is 1. The molecule has 8 atom stereocenters. The Labute approximate surface area is 79.5 Å². The Kier molecular flexibility index (Phi) is 0.985. The van der Waals surface area contributed by atoms with Gasteiger partial charge >= 0.3 is 0 Å². The molecule has 0 aromatic carbocycles. The van der Waals surface area contributed by atoms with Gasteiger partial charge in [-0.15, -0.1) is 0 Å². The van der Waals surface area contributed by atoms with Gasteiger partial charge in [-0.1, -0.05) is 6.92 Å². The summed E-state index contributed by atoms with van der Waals surface area (Å²) in [5, 5.41) is 0.796. The lowest BCUT2D eigenvalue weighted by Crippen LogP contribution is -2.76. The van der Waals surface area contributed by atoms with Crippen LogP contribution in [0.1, 0.15) is 19.8 Å². The zero-order chi connectivity index (χ0) is 8.03. The minimum Gasteiger partial charge on any atom is -0.176 e. The van der Waals surface area contributed by atoms with Gasteiger partial charge in [0.2, 0.25) is 0 Å². The van der Waals surface area contributed by atoms with Crippen LogP contribution < -0.4 is 0 Å². The molecule has 4 saturated carbocycles. The second-order valence-corrected chi connectivity index (χ2v) is 6.32. The first-order valence-electron chi connectivity index (χ1n) is 5.47. The second kappa shape index (κ2) is 1.75. The van der Waals surface area contributed by atoms with Crippen LogP contribution in [0.15, 0.2) is 0 Å². The Morgan fingerprint density at radius 3 is 2.33 bits per heavy atom. The highest BCUT2D eigenvalue weighted by Crippen LogP contribution is 2.78. The Morgan fingerprint density at radius 2 is 1.67 bits per heavy atom. The fourth-order valence-electron chi connectivity index (χ4n) is 5.05. The zero-order valence-electron chi connectivity index (χ0n) is 7.48. The van der Waals surface area contributed by atoms with Crippen LogP contribution in [0.25, 0.3) is 0 Å². The lowest BCUT2D eigenvalue weighted by Gasteiger charge is -2.80. The molecule has 0 amide bonds. The Morgan fingerprint density at radius 1 is 0.917 bits per heavy atom. The van der Waals surface area contributed by atoms with E-state index in [0.717, 1.165) is 34.8 Å². The van der Waals surface area contributed by atoms with Crippen molar-refractivity contribution < 1.29 is 0 Å². The summed E-state index contributed by atoms with van der Waals surface area (Å²) in [6.45, 7) is 2.46. The highest BCUT2D eigenvalue weighted by atomic mass is 32.1. The molecule has 0 radical (unpaired) electrons. The van der Waals surface area contributed by atoms with E-state index in [1.54, 1.807) is 6.42 Å². The third-order valence-corrected chi connectivity index (χ3v) is 6.12. The maximum Gasteiger partial charge on any atom is 0.00535 e. The normalized spacial score (nSPS) is 76.5. The first-order chi connectivity index (χ1) is 5.79. The summed E-state index contributed by atoms with van der Waals surface area (Å²) in [5.41, 5.74) is 0. The van der Waals surface area contributed by atoms with Crippen LogP contribution in [0, 0.1) is 41.4 Å². The summed E-state index contributed by atoms with van der Waals surface area (Å²) in [4.78, 5) is 0. The molecule has 66 valence electrons. The minimum atomic E-state index is 0.796. The maximum atomic E-state index is 4.65. The SMILES string of the molecule is CC1CC2C1C1C3C(S)CC3C21. The molecule has 4 aliphatic carbocycles. The molecule has 4 rings (SSSR count). The monoisotopic (exact) mass is 180 g/mol. The van der Waals surface area contributed by atoms with Crippen LogP contribution in [-0.4, -0.2) is 5.25 Å². The smallest absolute Gasteiger partial charge is 0.00535 e. The van der Waals surface area contributed by atoms with Crippen LogP contribution in [0.5, 0.6) is 0 Å². The van der Waals surface area contributed by atoms with Gasteiger partial charge in [-0.05, 0) is 54.3 Å². The summed E-state index contributed by atoms with van der Waals surface area (Å²) in [6, 6.07) is 0. The quantitative estimate of drug-likeness (QED) is 0.544. The number of thiol groups is 1. The van der Waals surface area contributed by atoms with E-state index in [1.165, 1.54) is 18.3 Å². The van der Waals surface area contributed by atoms with Crippen molar-refractivity contribution in [2.24, 2.45) is 41.4 Å². The lowest BCUT2D eigenvalue weighted by atomic mass is 9.26. The molecule has 0 N–H and O–H groups in total. The van der Waals surface area contributed by atoms with E-state index in [-0.39, 0.29) is 0 Å². The van der Waals surface area contributed by atoms with Gasteiger partial charge in [0.25, 0.3) is 0 Å². The van der Waals surface area contributed by atoms with E-state index in [0.29, 0.717) is 0 Å². The van der Waals surface area contributed by atoms with Crippen molar-refractivity contribution in [1.29, 1.82) is 0 Å². The molecule has 0 heterocycles. The number of hydrogen-bond donors (Lipinski definition) is 1. The third-order valence-electron chi connectivity index (χ3n) is 5.57. The molecular formula is C11H16S. The van der Waals surface area contributed by atoms with Crippen molar-refractivity contribution in [2.45, 2.75) is 25.0 Å². The van der Waals surface area contributed by atoms with Gasteiger partial charge in [-0.25, -0.2) is 0 Å². The molecule has 0 aliphatic heterocycles. The fourth-order valence-corrected chi connectivity index (χ4v) is 5.72. The van der Waals surface area contributed by atoms with Crippen LogP contribution >= 0.6 is 12.6 Å². The highest BCUT2D eigenvalue weighted by molar-refractivity contribution is 7.81. The molecule has 8 unspecified atom stereocenters. The lowest BCUT2D eigenvalue weighted by molar-refractivity contribution is -0.303. The van der Waals surface area contributed by atoms with Crippen molar-refractivity contribution >= 4 is 12.6 Å². The number of fused-ring (bicyclic) bond motifs is 7. The molecule has 12 heavy (non-hydrogen) atoms. The molecule has 1 heteroatoms. The van der Waals surface area contributed by atoms with Crippen LogP contribution in [0.4, 0.5) is 0 Å². The van der Waals surface area contributed by atoms with Crippen LogP contribution in [-0.2, 0) is 0 Å². The summed E-state index contributed by atoms with van der Waals surface area (Å²) in [6.07, 6.45) is 3.01. The number of rotatable bonds is 0. The Hall–Kier alpha value is 0.350. The zero-order valence-corrected chi connectivity index (χ0v) is 8.37. The average molecular weight is 180 g/mol. The summed E-state index contributed by atoms with van der Waals surface area (Å²) in [7, 11) is 0. The second-order valence-electron chi connectivity index (χ2n) is 5.65.